The van der Waals surface area contributed by atoms with Crippen molar-refractivity contribution in [3.8, 4) is 0 Å². The van der Waals surface area contributed by atoms with Gasteiger partial charge in [-0.3, -0.25) is 4.98 Å². The van der Waals surface area contributed by atoms with Crippen molar-refractivity contribution >= 4 is 11.4 Å². The molecule has 4 heteroatoms. The fourth-order valence-electron chi connectivity index (χ4n) is 2.26. The van der Waals surface area contributed by atoms with Gasteiger partial charge in [0.2, 0.25) is 0 Å². The van der Waals surface area contributed by atoms with Gasteiger partial charge in [0.15, 0.2) is 0 Å². The van der Waals surface area contributed by atoms with E-state index >= 15 is 0 Å². The molecule has 112 valence electrons. The minimum absolute atomic E-state index is 0.217. The molecular weight excluding hydrogens is 265 g/mol. The summed E-state index contributed by atoms with van der Waals surface area (Å²) in [5.41, 5.74) is 2.64. The molecule has 0 saturated heterocycles. The first kappa shape index (κ1) is 15.4. The monoisotopic (exact) mass is 287 g/mol. The molecule has 0 fully saturated rings. The van der Waals surface area contributed by atoms with Gasteiger partial charge in [-0.05, 0) is 30.7 Å². The number of halogens is 1. The zero-order valence-electron chi connectivity index (χ0n) is 12.8. The Kier molecular flexibility index (Phi) is 5.28. The van der Waals surface area contributed by atoms with E-state index in [1.807, 2.05) is 24.0 Å². The molecule has 21 heavy (non-hydrogen) atoms. The van der Waals surface area contributed by atoms with E-state index in [0.29, 0.717) is 18.3 Å². The van der Waals surface area contributed by atoms with Crippen LogP contribution in [0.4, 0.5) is 15.8 Å². The molecule has 0 aliphatic heterocycles. The number of pyridine rings is 1. The summed E-state index contributed by atoms with van der Waals surface area (Å²) >= 11 is 0. The number of aromatic nitrogens is 1. The van der Waals surface area contributed by atoms with Crippen molar-refractivity contribution in [2.45, 2.75) is 33.4 Å². The van der Waals surface area contributed by atoms with Gasteiger partial charge in [0.1, 0.15) is 5.82 Å². The van der Waals surface area contributed by atoms with Crippen molar-refractivity contribution in [3.05, 3.63) is 54.1 Å². The van der Waals surface area contributed by atoms with Crippen molar-refractivity contribution in [3.63, 3.8) is 0 Å². The lowest BCUT2D eigenvalue weighted by molar-refractivity contribution is 0.588. The lowest BCUT2D eigenvalue weighted by Gasteiger charge is -2.26. The van der Waals surface area contributed by atoms with Gasteiger partial charge in [0.05, 0.1) is 17.6 Å². The van der Waals surface area contributed by atoms with Crippen LogP contribution in [0.2, 0.25) is 0 Å². The normalized spacial score (nSPS) is 10.9. The van der Waals surface area contributed by atoms with Crippen LogP contribution >= 0.6 is 0 Å². The molecule has 0 aliphatic carbocycles. The molecule has 0 bridgehead atoms. The number of hydrogen-bond acceptors (Lipinski definition) is 3. The summed E-state index contributed by atoms with van der Waals surface area (Å²) in [5.74, 6) is -0.217. The van der Waals surface area contributed by atoms with Gasteiger partial charge in [-0.15, -0.1) is 0 Å². The molecule has 2 rings (SSSR count). The third-order valence-corrected chi connectivity index (χ3v) is 3.34. The second-order valence-electron chi connectivity index (χ2n) is 5.24. The Labute approximate surface area is 125 Å². The third kappa shape index (κ3) is 3.79. The maximum absolute atomic E-state index is 14.1. The van der Waals surface area contributed by atoms with E-state index in [-0.39, 0.29) is 5.82 Å². The average molecular weight is 287 g/mol. The van der Waals surface area contributed by atoms with Crippen LogP contribution in [0.1, 0.15) is 26.3 Å². The van der Waals surface area contributed by atoms with Gasteiger partial charge in [-0.25, -0.2) is 4.39 Å². The smallest absolute Gasteiger partial charge is 0.146 e. The molecule has 2 aromatic rings. The van der Waals surface area contributed by atoms with E-state index < -0.39 is 0 Å². The van der Waals surface area contributed by atoms with E-state index in [1.165, 1.54) is 6.07 Å². The first-order chi connectivity index (χ1) is 10.1. The van der Waals surface area contributed by atoms with Crippen LogP contribution in [0.25, 0.3) is 0 Å². The third-order valence-electron chi connectivity index (χ3n) is 3.34. The highest BCUT2D eigenvalue weighted by Crippen LogP contribution is 2.29. The standard InChI is InChI=1S/C17H22FN3/c1-4-21(16-8-6-5-7-15(16)18)17-12-19-10-9-14(17)11-20-13(2)3/h5-10,12-13,20H,4,11H2,1-3H3. The highest BCUT2D eigenvalue weighted by Gasteiger charge is 2.15. The maximum atomic E-state index is 14.1. The molecule has 0 unspecified atom stereocenters. The average Bonchev–Trinajstić information content (AvgIpc) is 2.49. The summed E-state index contributed by atoms with van der Waals surface area (Å²) < 4.78 is 14.1. The Hall–Kier alpha value is -1.94. The molecule has 0 amide bonds. The number of rotatable bonds is 6. The van der Waals surface area contributed by atoms with E-state index in [0.717, 1.165) is 17.8 Å². The lowest BCUT2D eigenvalue weighted by Crippen LogP contribution is -2.25. The number of nitrogens with one attached hydrogen (secondary N) is 1. The molecule has 0 spiro atoms. The molecule has 1 N–H and O–H groups in total. The number of hydrogen-bond donors (Lipinski definition) is 1. The van der Waals surface area contributed by atoms with Gasteiger partial charge in [0, 0.05) is 25.3 Å². The quantitative estimate of drug-likeness (QED) is 0.874. The van der Waals surface area contributed by atoms with Crippen molar-refractivity contribution < 1.29 is 4.39 Å². The zero-order valence-corrected chi connectivity index (χ0v) is 12.8. The van der Waals surface area contributed by atoms with Crippen LogP contribution in [0, 0.1) is 5.82 Å². The predicted molar refractivity (Wildman–Crippen MR) is 85.3 cm³/mol. The summed E-state index contributed by atoms with van der Waals surface area (Å²) in [4.78, 5) is 6.16. The largest absolute Gasteiger partial charge is 0.338 e. The number of para-hydroxylation sites is 1. The van der Waals surface area contributed by atoms with Crippen LogP contribution < -0.4 is 10.2 Å². The van der Waals surface area contributed by atoms with Crippen LogP contribution in [-0.4, -0.2) is 17.6 Å². The topological polar surface area (TPSA) is 28.2 Å². The first-order valence-electron chi connectivity index (χ1n) is 7.31. The molecular formula is C17H22FN3. The lowest BCUT2D eigenvalue weighted by atomic mass is 10.1. The van der Waals surface area contributed by atoms with Crippen LogP contribution in [-0.2, 0) is 6.54 Å². The van der Waals surface area contributed by atoms with Gasteiger partial charge < -0.3 is 10.2 Å². The maximum Gasteiger partial charge on any atom is 0.146 e. The second kappa shape index (κ2) is 7.18. The minimum Gasteiger partial charge on any atom is -0.338 e. The SMILES string of the molecule is CCN(c1ccccc1F)c1cnccc1CNC(C)C. The highest BCUT2D eigenvalue weighted by atomic mass is 19.1. The molecule has 0 atom stereocenters. The van der Waals surface area contributed by atoms with Crippen molar-refractivity contribution in [1.29, 1.82) is 0 Å². The zero-order chi connectivity index (χ0) is 15.2. The Morgan fingerprint density at radius 3 is 2.62 bits per heavy atom. The van der Waals surface area contributed by atoms with Crippen molar-refractivity contribution in [2.75, 3.05) is 11.4 Å². The fraction of sp³-hybridized carbons (Fsp3) is 0.353. The molecule has 3 nitrogen and oxygen atoms in total. The van der Waals surface area contributed by atoms with E-state index in [9.17, 15) is 4.39 Å². The molecule has 0 radical (unpaired) electrons. The molecule has 1 aromatic heterocycles. The van der Waals surface area contributed by atoms with Crippen LogP contribution in [0.15, 0.2) is 42.7 Å². The first-order valence-corrected chi connectivity index (χ1v) is 7.31. The van der Waals surface area contributed by atoms with Gasteiger partial charge in [0.25, 0.3) is 0 Å². The Balaban J connectivity index is 2.36. The van der Waals surface area contributed by atoms with Gasteiger partial charge >= 0.3 is 0 Å². The van der Waals surface area contributed by atoms with Crippen molar-refractivity contribution in [1.82, 2.24) is 10.3 Å². The van der Waals surface area contributed by atoms with E-state index in [1.54, 1.807) is 24.5 Å². The van der Waals surface area contributed by atoms with E-state index in [2.05, 4.69) is 24.1 Å². The van der Waals surface area contributed by atoms with E-state index in [4.69, 9.17) is 0 Å². The van der Waals surface area contributed by atoms with Crippen LogP contribution in [0.5, 0.6) is 0 Å². The number of nitrogens with zero attached hydrogens (tertiary/aromatic N) is 2. The Morgan fingerprint density at radius 2 is 1.95 bits per heavy atom. The fourth-order valence-corrected chi connectivity index (χ4v) is 2.26. The summed E-state index contributed by atoms with van der Waals surface area (Å²) in [6.07, 6.45) is 3.57. The highest BCUT2D eigenvalue weighted by molar-refractivity contribution is 5.66. The summed E-state index contributed by atoms with van der Waals surface area (Å²) in [6.45, 7) is 7.64. The molecule has 0 aliphatic rings. The summed E-state index contributed by atoms with van der Waals surface area (Å²) in [7, 11) is 0. The number of anilines is 2. The van der Waals surface area contributed by atoms with Crippen molar-refractivity contribution in [2.24, 2.45) is 0 Å². The predicted octanol–water partition coefficient (Wildman–Crippen LogP) is 3.88. The molecule has 0 saturated carbocycles. The van der Waals surface area contributed by atoms with Gasteiger partial charge in [-0.2, -0.15) is 0 Å². The Bertz CT molecular complexity index is 584. The second-order valence-corrected chi connectivity index (χ2v) is 5.24. The van der Waals surface area contributed by atoms with Crippen LogP contribution in [0.3, 0.4) is 0 Å². The summed E-state index contributed by atoms with van der Waals surface area (Å²) in [6, 6.07) is 9.22. The molecule has 1 aromatic carbocycles. The Morgan fingerprint density at radius 1 is 1.19 bits per heavy atom. The van der Waals surface area contributed by atoms with Gasteiger partial charge in [-0.1, -0.05) is 26.0 Å². The molecule has 1 heterocycles. The minimum atomic E-state index is -0.217. The summed E-state index contributed by atoms with van der Waals surface area (Å²) in [5, 5.41) is 3.40. The number of benzene rings is 1.